The lowest BCUT2D eigenvalue weighted by molar-refractivity contribution is -0.870. The van der Waals surface area contributed by atoms with Gasteiger partial charge in [-0.05, 0) is 148 Å². The van der Waals surface area contributed by atoms with E-state index in [-0.39, 0.29) is 38.6 Å². The van der Waals surface area contributed by atoms with Crippen molar-refractivity contribution in [2.24, 2.45) is 0 Å². The van der Waals surface area contributed by atoms with Gasteiger partial charge in [-0.1, -0.05) is 291 Å². The first-order valence-corrected chi connectivity index (χ1v) is 36.2. The van der Waals surface area contributed by atoms with E-state index in [1.54, 1.807) is 0 Å². The van der Waals surface area contributed by atoms with Gasteiger partial charge in [0.25, 0.3) is 0 Å². The fourth-order valence-electron chi connectivity index (χ4n) is 9.07. The van der Waals surface area contributed by atoms with Gasteiger partial charge in [-0.15, -0.1) is 0 Å². The minimum Gasteiger partial charge on any atom is -0.545 e. The average molecular weight is 1280 g/mol. The van der Waals surface area contributed by atoms with Crippen LogP contribution >= 0.6 is 0 Å². The molecule has 0 N–H and O–H groups in total. The molecular formula is C84H131NO8. The van der Waals surface area contributed by atoms with E-state index in [1.807, 2.05) is 21.1 Å². The highest BCUT2D eigenvalue weighted by Crippen LogP contribution is 2.15. The number of hydrogen-bond donors (Lipinski definition) is 0. The first-order chi connectivity index (χ1) is 45.6. The fraction of sp³-hybridized carbons (Fsp3) is 0.560. The van der Waals surface area contributed by atoms with Crippen molar-refractivity contribution in [1.82, 2.24) is 0 Å². The van der Waals surface area contributed by atoms with Crippen LogP contribution in [0.4, 0.5) is 0 Å². The van der Waals surface area contributed by atoms with Gasteiger partial charge in [0.05, 0.1) is 40.3 Å². The molecule has 0 heterocycles. The molecule has 0 aliphatic heterocycles. The van der Waals surface area contributed by atoms with Crippen LogP contribution in [0.3, 0.4) is 0 Å². The zero-order valence-electron chi connectivity index (χ0n) is 59.3. The summed E-state index contributed by atoms with van der Waals surface area (Å²) in [6.45, 7) is 4.47. The number of aliphatic carboxylic acids is 1. The maximum atomic E-state index is 12.9. The van der Waals surface area contributed by atoms with E-state index in [0.717, 1.165) is 173 Å². The zero-order chi connectivity index (χ0) is 67.5. The second-order valence-corrected chi connectivity index (χ2v) is 24.4. The van der Waals surface area contributed by atoms with Gasteiger partial charge in [-0.25, -0.2) is 0 Å². The number of hydrogen-bond acceptors (Lipinski definition) is 8. The maximum absolute atomic E-state index is 12.9. The lowest BCUT2D eigenvalue weighted by Crippen LogP contribution is -2.44. The molecule has 0 aromatic carbocycles. The second kappa shape index (κ2) is 71.7. The Bertz CT molecular complexity index is 2280. The van der Waals surface area contributed by atoms with E-state index in [9.17, 15) is 19.5 Å². The number of nitrogens with zero attached hydrogens (tertiary/aromatic N) is 1. The molecule has 0 amide bonds. The molecule has 0 aromatic rings. The fourth-order valence-corrected chi connectivity index (χ4v) is 9.07. The summed E-state index contributed by atoms with van der Waals surface area (Å²) in [6, 6.07) is 0. The highest BCUT2D eigenvalue weighted by atomic mass is 16.7. The lowest BCUT2D eigenvalue weighted by atomic mass is 10.1. The zero-order valence-corrected chi connectivity index (χ0v) is 59.3. The third-order valence-corrected chi connectivity index (χ3v) is 14.5. The Balaban J connectivity index is 4.25. The van der Waals surface area contributed by atoms with Crippen molar-refractivity contribution in [1.29, 1.82) is 0 Å². The Morgan fingerprint density at radius 1 is 0.323 bits per heavy atom. The van der Waals surface area contributed by atoms with Gasteiger partial charge in [0.1, 0.15) is 13.2 Å². The van der Waals surface area contributed by atoms with Gasteiger partial charge < -0.3 is 33.3 Å². The molecule has 0 aliphatic carbocycles. The molecule has 0 aromatic heterocycles. The van der Waals surface area contributed by atoms with Gasteiger partial charge in [0.2, 0.25) is 0 Å². The molecule has 9 heteroatoms. The summed E-state index contributed by atoms with van der Waals surface area (Å²) < 4.78 is 22.8. The van der Waals surface area contributed by atoms with E-state index in [0.29, 0.717) is 17.4 Å². The molecule has 0 aliphatic rings. The summed E-state index contributed by atoms with van der Waals surface area (Å²) in [5, 5.41) is 11.8. The molecule has 2 atom stereocenters. The van der Waals surface area contributed by atoms with Crippen molar-refractivity contribution in [3.63, 3.8) is 0 Å². The summed E-state index contributed by atoms with van der Waals surface area (Å²) >= 11 is 0. The largest absolute Gasteiger partial charge is 0.545 e. The van der Waals surface area contributed by atoms with Crippen molar-refractivity contribution in [2.45, 2.75) is 257 Å². The number of allylic oxidation sites excluding steroid dienone is 34. The van der Waals surface area contributed by atoms with Crippen LogP contribution < -0.4 is 5.11 Å². The lowest BCUT2D eigenvalue weighted by Gasteiger charge is -2.26. The van der Waals surface area contributed by atoms with E-state index >= 15 is 0 Å². The van der Waals surface area contributed by atoms with Gasteiger partial charge in [0.15, 0.2) is 12.4 Å². The van der Waals surface area contributed by atoms with E-state index in [4.69, 9.17) is 18.9 Å². The van der Waals surface area contributed by atoms with Gasteiger partial charge >= 0.3 is 11.9 Å². The minimum absolute atomic E-state index is 0.131. The number of esters is 2. The van der Waals surface area contributed by atoms with Crippen LogP contribution in [-0.2, 0) is 33.3 Å². The predicted molar refractivity (Wildman–Crippen MR) is 397 cm³/mol. The molecule has 0 radical (unpaired) electrons. The van der Waals surface area contributed by atoms with Crippen molar-refractivity contribution in [3.8, 4) is 0 Å². The van der Waals surface area contributed by atoms with Crippen LogP contribution in [0.25, 0.3) is 0 Å². The third kappa shape index (κ3) is 73.1. The molecule has 2 unspecified atom stereocenters. The molecule has 93 heavy (non-hydrogen) atoms. The topological polar surface area (TPSA) is 111 Å². The summed E-state index contributed by atoms with van der Waals surface area (Å²) in [6.07, 6.45) is 109. The number of carboxylic acids is 1. The Morgan fingerprint density at radius 3 is 0.860 bits per heavy atom. The van der Waals surface area contributed by atoms with Gasteiger partial charge in [-0.2, -0.15) is 0 Å². The molecule has 0 spiro atoms. The second-order valence-electron chi connectivity index (χ2n) is 24.4. The highest BCUT2D eigenvalue weighted by molar-refractivity contribution is 5.70. The molecule has 0 saturated carbocycles. The van der Waals surface area contributed by atoms with Gasteiger partial charge in [-0.3, -0.25) is 9.59 Å². The van der Waals surface area contributed by atoms with Crippen molar-refractivity contribution in [3.05, 3.63) is 207 Å². The molecule has 0 fully saturated rings. The van der Waals surface area contributed by atoms with Crippen LogP contribution in [0.1, 0.15) is 245 Å². The molecule has 520 valence electrons. The van der Waals surface area contributed by atoms with Crippen LogP contribution in [0.15, 0.2) is 207 Å². The number of carbonyl (C=O) groups is 3. The number of likely N-dealkylation sites (N-methyl/N-ethyl adjacent to an activating group) is 1. The number of rotatable bonds is 64. The maximum Gasteiger partial charge on any atom is 0.306 e. The molecule has 0 rings (SSSR count). The normalized spacial score (nSPS) is 13.9. The summed E-state index contributed by atoms with van der Waals surface area (Å²) in [5.74, 6) is -2.34. The number of carbonyl (C=O) groups excluding carboxylic acids is 3. The molecular weight excluding hydrogens is 1150 g/mol. The van der Waals surface area contributed by atoms with Crippen LogP contribution in [0, 0.1) is 0 Å². The first kappa shape index (κ1) is 86.9. The smallest absolute Gasteiger partial charge is 0.306 e. The van der Waals surface area contributed by atoms with Gasteiger partial charge in [0, 0.05) is 12.8 Å². The Labute approximate surface area is 569 Å². The van der Waals surface area contributed by atoms with E-state index < -0.39 is 24.3 Å². The quantitative estimate of drug-likeness (QED) is 0.0195. The average Bonchev–Trinajstić information content (AvgIpc) is 3.74. The molecule has 9 nitrogen and oxygen atoms in total. The van der Waals surface area contributed by atoms with Crippen LogP contribution in [0.2, 0.25) is 0 Å². The number of unbranched alkanes of at least 4 members (excludes halogenated alkanes) is 15. The number of ether oxygens (including phenoxy) is 4. The van der Waals surface area contributed by atoms with Crippen LogP contribution in [0.5, 0.6) is 0 Å². The Hall–Kier alpha value is -6.13. The summed E-state index contributed by atoms with van der Waals surface area (Å²) in [7, 11) is 5.91. The first-order valence-electron chi connectivity index (χ1n) is 36.2. The SMILES string of the molecule is CC/C=C\C/C=C\C/C=C\C/C=C\C/C=C\C/C=C\C/C=C\C/C=C\C/C=C\CCCCCCCC(=O)OC(COC(=O)CCCCCCCCCCCC/C=C\C/C=C\C/C=C\C/C=C\C/C=C\C/C=C\C/C=C\C/C=C\CC)COC(OCC[N+](C)(C)C)C(=O)[O-]. The van der Waals surface area contributed by atoms with Crippen molar-refractivity contribution in [2.75, 3.05) is 47.5 Å². The Morgan fingerprint density at radius 2 is 0.581 bits per heavy atom. The molecule has 0 saturated heterocycles. The van der Waals surface area contributed by atoms with Crippen LogP contribution in [-0.4, -0.2) is 82.3 Å². The monoisotopic (exact) mass is 1280 g/mol. The van der Waals surface area contributed by atoms with E-state index in [2.05, 4.69) is 220 Å². The number of carboxylic acid groups (broad SMARTS) is 1. The number of quaternary nitrogens is 1. The van der Waals surface area contributed by atoms with Crippen molar-refractivity contribution < 1.29 is 42.9 Å². The van der Waals surface area contributed by atoms with Crippen molar-refractivity contribution >= 4 is 17.9 Å². The highest BCUT2D eigenvalue weighted by Gasteiger charge is 2.22. The third-order valence-electron chi connectivity index (χ3n) is 14.5. The van der Waals surface area contributed by atoms with E-state index in [1.165, 1.54) is 38.5 Å². The summed E-state index contributed by atoms with van der Waals surface area (Å²) in [5.41, 5.74) is 0. The minimum atomic E-state index is -1.64. The Kier molecular flexibility index (Phi) is 67.0. The molecule has 0 bridgehead atoms. The summed E-state index contributed by atoms with van der Waals surface area (Å²) in [4.78, 5) is 37.5. The standard InChI is InChI=1S/C84H131NO8/c1-6-8-10-12-14-16-18-20-22-24-26-28-30-32-34-36-38-40-41-43-44-46-48-50-52-54-56-58-60-62-64-66-68-70-72-74-81(86)91-78-80(79-92-84(83(88)89)90-77-76-85(3,4)5)93-82(87)75-73-71-69-67-65-63-61-59-57-55-53-51-49-47-45-42-39-37-35-33-31-29-27-25-23-21-19-17-15-13-11-9-7-2/h8-11,14-17,20-23,26-29,32-35,38-40,42-44,47-50,53,55,59,61,80,84H,6-7,12-13,18-19,24-25,30-31,36-37,41,45-46,51-52,54,56-58,60,62-79H2,1-5H3/b10-8-,11-9-,16-14-,17-15-,22-20-,23-21-,28-26-,29-27-,34-32-,35-33-,40-38-,42-39-,44-43-,49-47-,50-48-,55-53-,61-59-. The predicted octanol–water partition coefficient (Wildman–Crippen LogP) is 21.8.